The van der Waals surface area contributed by atoms with Crippen molar-refractivity contribution in [2.75, 3.05) is 13.3 Å². The van der Waals surface area contributed by atoms with Crippen LogP contribution >= 0.6 is 7.82 Å². The molecule has 1 aliphatic carbocycles. The third-order valence-corrected chi connectivity index (χ3v) is 7.95. The Morgan fingerprint density at radius 3 is 2.42 bits per heavy atom. The molecule has 4 rings (SSSR count). The van der Waals surface area contributed by atoms with Gasteiger partial charge in [-0.1, -0.05) is 32.1 Å². The molecule has 180 valence electrons. The number of hydrogen-bond donors (Lipinski definition) is 7. The maximum Gasteiger partial charge on any atom is 0.469 e. The molecule has 3 aliphatic heterocycles. The summed E-state index contributed by atoms with van der Waals surface area (Å²) in [5, 5.41) is 28.1. The first kappa shape index (κ1) is 24.0. The maximum atomic E-state index is 11.1. The van der Waals surface area contributed by atoms with Gasteiger partial charge in [0.05, 0.1) is 18.9 Å². The highest BCUT2D eigenvalue weighted by Gasteiger charge is 2.56. The van der Waals surface area contributed by atoms with Crippen LogP contribution in [0.25, 0.3) is 0 Å². The van der Waals surface area contributed by atoms with E-state index < -0.39 is 39.0 Å². The molecule has 0 bridgehead atoms. The minimum Gasteiger partial charge on any atom is -0.387 e. The summed E-state index contributed by atoms with van der Waals surface area (Å²) in [5.41, 5.74) is 6.38. The van der Waals surface area contributed by atoms with Gasteiger partial charge in [-0.2, -0.15) is 0 Å². The monoisotopic (exact) mass is 464 g/mol. The largest absolute Gasteiger partial charge is 0.469 e. The van der Waals surface area contributed by atoms with E-state index in [2.05, 4.69) is 20.1 Å². The molecule has 4 aliphatic rings. The number of phosphoric ester groups is 1. The average molecular weight is 464 g/mol. The van der Waals surface area contributed by atoms with Gasteiger partial charge in [-0.05, 0) is 25.2 Å². The summed E-state index contributed by atoms with van der Waals surface area (Å²) in [6, 6.07) is 0.139. The molecule has 12 heteroatoms. The van der Waals surface area contributed by atoms with E-state index >= 15 is 0 Å². The second kappa shape index (κ2) is 9.99. The van der Waals surface area contributed by atoms with Crippen LogP contribution in [0.4, 0.5) is 0 Å². The Morgan fingerprint density at radius 1 is 1.06 bits per heavy atom. The SMILES string of the molecule is NC1NCNC2C1CC(C1CCCCCCC1)N2[C@H]1O[C@@H](COP(=O)(O)O)[C@H](O)[C@@H]1O. The maximum absolute atomic E-state index is 11.1. The Morgan fingerprint density at radius 2 is 1.74 bits per heavy atom. The van der Waals surface area contributed by atoms with Gasteiger partial charge >= 0.3 is 7.82 Å². The van der Waals surface area contributed by atoms with Crippen molar-refractivity contribution in [3.63, 3.8) is 0 Å². The standard InChI is InChI=1S/C19H37N4O7P/c20-17-12-8-13(11-6-4-2-1-3-5-7-11)23(18(12)22-10-21-17)19-16(25)15(24)14(30-19)9-29-31(26,27)28/h11-19,21-22,24-25H,1-10,20H2,(H2,26,27,28)/t12?,13?,14-,15-,16-,17?,18?,19-/m0/s1. The van der Waals surface area contributed by atoms with Crippen LogP contribution in [0.15, 0.2) is 0 Å². The minimum atomic E-state index is -4.71. The molecular weight excluding hydrogens is 427 g/mol. The number of rotatable bonds is 5. The van der Waals surface area contributed by atoms with E-state index in [1.807, 2.05) is 0 Å². The van der Waals surface area contributed by atoms with Crippen LogP contribution in [0, 0.1) is 11.8 Å². The van der Waals surface area contributed by atoms with Crippen molar-refractivity contribution < 1.29 is 33.8 Å². The molecule has 0 aromatic carbocycles. The number of phosphoric acid groups is 1. The van der Waals surface area contributed by atoms with Crippen LogP contribution in [-0.4, -0.2) is 81.1 Å². The lowest BCUT2D eigenvalue weighted by Crippen LogP contribution is -2.65. The normalized spacial score (nSPS) is 43.5. The number of fused-ring (bicyclic) bond motifs is 1. The average Bonchev–Trinajstić information content (AvgIpc) is 3.19. The van der Waals surface area contributed by atoms with Gasteiger partial charge in [0.1, 0.15) is 24.5 Å². The van der Waals surface area contributed by atoms with E-state index in [0.717, 1.165) is 19.3 Å². The molecule has 3 saturated heterocycles. The number of likely N-dealkylation sites (tertiary alicyclic amines) is 1. The first-order chi connectivity index (χ1) is 14.8. The molecule has 8 atom stereocenters. The second-order valence-corrected chi connectivity index (χ2v) is 10.6. The molecule has 8 N–H and O–H groups in total. The van der Waals surface area contributed by atoms with Crippen molar-refractivity contribution in [3.05, 3.63) is 0 Å². The third kappa shape index (κ3) is 5.33. The first-order valence-corrected chi connectivity index (χ1v) is 13.0. The summed E-state index contributed by atoms with van der Waals surface area (Å²) in [4.78, 5) is 20.1. The highest BCUT2D eigenvalue weighted by molar-refractivity contribution is 7.46. The van der Waals surface area contributed by atoms with Crippen molar-refractivity contribution >= 4 is 7.82 Å². The zero-order valence-electron chi connectivity index (χ0n) is 17.8. The summed E-state index contributed by atoms with van der Waals surface area (Å²) in [5.74, 6) is 0.570. The zero-order valence-corrected chi connectivity index (χ0v) is 18.6. The van der Waals surface area contributed by atoms with Gasteiger partial charge in [-0.25, -0.2) is 4.57 Å². The predicted octanol–water partition coefficient (Wildman–Crippen LogP) is -0.645. The van der Waals surface area contributed by atoms with Crippen molar-refractivity contribution in [2.45, 2.75) is 94.3 Å². The lowest BCUT2D eigenvalue weighted by molar-refractivity contribution is -0.132. The summed E-state index contributed by atoms with van der Waals surface area (Å²) >= 11 is 0. The van der Waals surface area contributed by atoms with Crippen LogP contribution in [0.3, 0.4) is 0 Å². The van der Waals surface area contributed by atoms with E-state index in [1.165, 1.54) is 32.1 Å². The number of nitrogens with two attached hydrogens (primary N) is 1. The van der Waals surface area contributed by atoms with Crippen LogP contribution in [0.1, 0.15) is 51.4 Å². The van der Waals surface area contributed by atoms with Gasteiger partial charge in [-0.3, -0.25) is 20.1 Å². The van der Waals surface area contributed by atoms with E-state index in [4.69, 9.17) is 20.3 Å². The molecule has 31 heavy (non-hydrogen) atoms. The summed E-state index contributed by atoms with van der Waals surface area (Å²) in [7, 11) is -4.71. The quantitative estimate of drug-likeness (QED) is 0.258. The van der Waals surface area contributed by atoms with Gasteiger partial charge in [0.2, 0.25) is 0 Å². The highest BCUT2D eigenvalue weighted by atomic mass is 31.2. The molecule has 0 spiro atoms. The van der Waals surface area contributed by atoms with Gasteiger partial charge in [0.15, 0.2) is 0 Å². The van der Waals surface area contributed by atoms with Crippen molar-refractivity contribution in [2.24, 2.45) is 17.6 Å². The Labute approximate surface area is 182 Å². The van der Waals surface area contributed by atoms with Crippen molar-refractivity contribution in [3.8, 4) is 0 Å². The van der Waals surface area contributed by atoms with E-state index in [1.54, 1.807) is 0 Å². The lowest BCUT2D eigenvalue weighted by atomic mass is 9.83. The molecule has 0 aromatic heterocycles. The van der Waals surface area contributed by atoms with Crippen LogP contribution in [-0.2, 0) is 13.8 Å². The number of nitrogens with one attached hydrogen (secondary N) is 2. The van der Waals surface area contributed by atoms with Gasteiger partial charge in [0.25, 0.3) is 0 Å². The van der Waals surface area contributed by atoms with Crippen LogP contribution in [0.2, 0.25) is 0 Å². The van der Waals surface area contributed by atoms with Gasteiger partial charge in [0, 0.05) is 18.6 Å². The molecule has 1 saturated carbocycles. The van der Waals surface area contributed by atoms with Crippen molar-refractivity contribution in [1.29, 1.82) is 0 Å². The van der Waals surface area contributed by atoms with Crippen LogP contribution < -0.4 is 16.4 Å². The smallest absolute Gasteiger partial charge is 0.387 e. The molecule has 11 nitrogen and oxygen atoms in total. The fourth-order valence-corrected chi connectivity index (χ4v) is 6.27. The molecular formula is C19H37N4O7P. The predicted molar refractivity (Wildman–Crippen MR) is 111 cm³/mol. The Balaban J connectivity index is 1.55. The fourth-order valence-electron chi connectivity index (χ4n) is 5.93. The number of ether oxygens (including phenoxy) is 1. The van der Waals surface area contributed by atoms with Crippen LogP contribution in [0.5, 0.6) is 0 Å². The summed E-state index contributed by atoms with van der Waals surface area (Å²) < 4.78 is 21.6. The molecule has 0 amide bonds. The highest BCUT2D eigenvalue weighted by Crippen LogP contribution is 2.44. The number of hydrogen-bond acceptors (Lipinski definition) is 9. The summed E-state index contributed by atoms with van der Waals surface area (Å²) in [6.07, 6.45) is 4.55. The Kier molecular flexibility index (Phi) is 7.72. The zero-order chi connectivity index (χ0) is 22.2. The Bertz CT molecular complexity index is 647. The summed E-state index contributed by atoms with van der Waals surface area (Å²) in [6.45, 7) is 0.0376. The third-order valence-electron chi connectivity index (χ3n) is 7.47. The minimum absolute atomic E-state index is 0.111. The Hall–Kier alpha value is -0.170. The van der Waals surface area contributed by atoms with Gasteiger partial charge < -0.3 is 30.5 Å². The molecule has 0 radical (unpaired) electrons. The number of nitrogens with zero attached hydrogens (tertiary/aromatic N) is 1. The van der Waals surface area contributed by atoms with E-state index in [0.29, 0.717) is 12.6 Å². The number of aliphatic hydroxyl groups excluding tert-OH is 2. The fraction of sp³-hybridized carbons (Fsp3) is 1.00. The number of aliphatic hydroxyl groups is 2. The second-order valence-electron chi connectivity index (χ2n) is 9.41. The van der Waals surface area contributed by atoms with Crippen molar-refractivity contribution in [1.82, 2.24) is 15.5 Å². The van der Waals surface area contributed by atoms with E-state index in [-0.39, 0.29) is 24.3 Å². The lowest BCUT2D eigenvalue weighted by Gasteiger charge is -2.42. The topological polar surface area (TPSA) is 170 Å². The van der Waals surface area contributed by atoms with E-state index in [9.17, 15) is 14.8 Å². The molecule has 0 aromatic rings. The molecule has 3 heterocycles. The molecule has 4 fully saturated rings. The first-order valence-electron chi connectivity index (χ1n) is 11.5. The van der Waals surface area contributed by atoms with Gasteiger partial charge in [-0.15, -0.1) is 0 Å². The molecule has 4 unspecified atom stereocenters.